The maximum atomic E-state index is 12.0. The first-order chi connectivity index (χ1) is 7.13. The van der Waals surface area contributed by atoms with Gasteiger partial charge in [0.15, 0.2) is 0 Å². The topological polar surface area (TPSA) is 32.3 Å². The van der Waals surface area contributed by atoms with E-state index in [-0.39, 0.29) is 12.2 Å². The Morgan fingerprint density at radius 3 is 2.67 bits per heavy atom. The highest BCUT2D eigenvalue weighted by atomic mass is 16.2. The predicted molar refractivity (Wildman–Crippen MR) is 60.3 cm³/mol. The Morgan fingerprint density at radius 1 is 1.53 bits per heavy atom. The molecule has 3 atom stereocenters. The van der Waals surface area contributed by atoms with Crippen molar-refractivity contribution >= 4 is 5.91 Å². The van der Waals surface area contributed by atoms with Crippen molar-refractivity contribution in [1.29, 1.82) is 0 Å². The number of nitrogens with one attached hydrogen (secondary N) is 1. The molecule has 0 radical (unpaired) electrons. The molecule has 1 saturated carbocycles. The van der Waals surface area contributed by atoms with Crippen LogP contribution in [0.2, 0.25) is 0 Å². The molecule has 1 aliphatic carbocycles. The monoisotopic (exact) mass is 210 g/mol. The molecule has 15 heavy (non-hydrogen) atoms. The molecular formula is C12H22N2O. The van der Waals surface area contributed by atoms with Crippen LogP contribution < -0.4 is 5.32 Å². The Bertz CT molecular complexity index is 250. The zero-order valence-electron chi connectivity index (χ0n) is 9.99. The summed E-state index contributed by atoms with van der Waals surface area (Å²) in [7, 11) is 0. The second-order valence-corrected chi connectivity index (χ2v) is 5.11. The molecule has 1 aliphatic heterocycles. The summed E-state index contributed by atoms with van der Waals surface area (Å²) < 4.78 is 0. The molecule has 0 aromatic heterocycles. The average molecular weight is 210 g/mol. The van der Waals surface area contributed by atoms with Gasteiger partial charge in [0.2, 0.25) is 5.91 Å². The fraction of sp³-hybridized carbons (Fsp3) is 0.917. The van der Waals surface area contributed by atoms with Gasteiger partial charge in [-0.3, -0.25) is 10.1 Å². The summed E-state index contributed by atoms with van der Waals surface area (Å²) in [5.41, 5.74) is 0. The molecule has 3 nitrogen and oxygen atoms in total. The zero-order valence-corrected chi connectivity index (χ0v) is 9.99. The fourth-order valence-electron chi connectivity index (χ4n) is 2.51. The van der Waals surface area contributed by atoms with E-state index in [1.165, 1.54) is 12.8 Å². The van der Waals surface area contributed by atoms with Gasteiger partial charge in [-0.1, -0.05) is 13.8 Å². The molecule has 1 amide bonds. The number of hydrogen-bond acceptors (Lipinski definition) is 2. The van der Waals surface area contributed by atoms with E-state index in [1.54, 1.807) is 0 Å². The van der Waals surface area contributed by atoms with Gasteiger partial charge in [-0.25, -0.2) is 0 Å². The van der Waals surface area contributed by atoms with Gasteiger partial charge in [-0.05, 0) is 38.0 Å². The maximum absolute atomic E-state index is 12.0. The molecule has 3 unspecified atom stereocenters. The molecular weight excluding hydrogens is 188 g/mol. The second-order valence-electron chi connectivity index (χ2n) is 5.11. The minimum Gasteiger partial charge on any atom is -0.326 e. The lowest BCUT2D eigenvalue weighted by Crippen LogP contribution is -2.38. The lowest BCUT2D eigenvalue weighted by molar-refractivity contribution is -0.130. The largest absolute Gasteiger partial charge is 0.326 e. The van der Waals surface area contributed by atoms with Gasteiger partial charge < -0.3 is 4.90 Å². The van der Waals surface area contributed by atoms with Crippen LogP contribution in [0.15, 0.2) is 0 Å². The molecule has 2 aliphatic rings. The van der Waals surface area contributed by atoms with Crippen molar-refractivity contribution in [2.75, 3.05) is 6.54 Å². The minimum atomic E-state index is 0.0615. The van der Waals surface area contributed by atoms with Crippen LogP contribution in [0.5, 0.6) is 0 Å². The number of nitrogens with zero attached hydrogens (tertiary/aromatic N) is 1. The fourth-order valence-corrected chi connectivity index (χ4v) is 2.51. The molecule has 0 spiro atoms. The molecule has 0 bridgehead atoms. The first kappa shape index (κ1) is 10.9. The first-order valence-electron chi connectivity index (χ1n) is 6.20. The number of carbonyl (C=O) groups excluding carboxylic acids is 1. The predicted octanol–water partition coefficient (Wildman–Crippen LogP) is 1.59. The van der Waals surface area contributed by atoms with Gasteiger partial charge in [0.1, 0.15) is 0 Å². The van der Waals surface area contributed by atoms with Crippen LogP contribution in [0, 0.1) is 11.8 Å². The van der Waals surface area contributed by atoms with Crippen molar-refractivity contribution in [3.63, 3.8) is 0 Å². The summed E-state index contributed by atoms with van der Waals surface area (Å²) in [6, 6.07) is 0.0615. The quantitative estimate of drug-likeness (QED) is 0.764. The third kappa shape index (κ3) is 2.17. The smallest absolute Gasteiger partial charge is 0.241 e. The van der Waals surface area contributed by atoms with Crippen LogP contribution in [-0.2, 0) is 4.79 Å². The van der Waals surface area contributed by atoms with Gasteiger partial charge in [0.25, 0.3) is 0 Å². The Morgan fingerprint density at radius 2 is 2.20 bits per heavy atom. The lowest BCUT2D eigenvalue weighted by atomic mass is 10.1. The van der Waals surface area contributed by atoms with Crippen molar-refractivity contribution in [3.05, 3.63) is 0 Å². The highest BCUT2D eigenvalue weighted by Crippen LogP contribution is 2.37. The van der Waals surface area contributed by atoms with Gasteiger partial charge in [0.05, 0.1) is 12.2 Å². The molecule has 1 N–H and O–H groups in total. The zero-order chi connectivity index (χ0) is 11.0. The molecule has 1 heterocycles. The van der Waals surface area contributed by atoms with Crippen molar-refractivity contribution in [3.8, 4) is 0 Å². The van der Waals surface area contributed by atoms with E-state index in [4.69, 9.17) is 0 Å². The molecule has 2 rings (SSSR count). The van der Waals surface area contributed by atoms with Gasteiger partial charge in [0, 0.05) is 6.54 Å². The summed E-state index contributed by atoms with van der Waals surface area (Å²) in [5.74, 6) is 1.86. The molecule has 0 aromatic carbocycles. The second kappa shape index (κ2) is 4.12. The standard InChI is InChI=1S/C12H22N2O/c1-4-11-12(15)14(9(3)13-11)7-8(2)10-5-6-10/h8-11,13H,4-7H2,1-3H3. The first-order valence-corrected chi connectivity index (χ1v) is 6.20. The summed E-state index contributed by atoms with van der Waals surface area (Å²) in [6.45, 7) is 7.37. The van der Waals surface area contributed by atoms with E-state index >= 15 is 0 Å². The molecule has 1 saturated heterocycles. The summed E-state index contributed by atoms with van der Waals surface area (Å²) in [5, 5.41) is 3.34. The number of amides is 1. The Labute approximate surface area is 92.2 Å². The molecule has 3 heteroatoms. The van der Waals surface area contributed by atoms with Crippen LogP contribution in [0.1, 0.15) is 40.0 Å². The molecule has 86 valence electrons. The van der Waals surface area contributed by atoms with E-state index < -0.39 is 0 Å². The lowest BCUT2D eigenvalue weighted by Gasteiger charge is -2.24. The summed E-state index contributed by atoms with van der Waals surface area (Å²) in [6.07, 6.45) is 3.85. The van der Waals surface area contributed by atoms with Crippen molar-refractivity contribution in [2.45, 2.75) is 52.2 Å². The van der Waals surface area contributed by atoms with Crippen LogP contribution in [0.4, 0.5) is 0 Å². The third-order valence-corrected chi connectivity index (χ3v) is 3.81. The third-order valence-electron chi connectivity index (χ3n) is 3.81. The van der Waals surface area contributed by atoms with E-state index in [9.17, 15) is 4.79 Å². The SMILES string of the molecule is CCC1NC(C)N(CC(C)C2CC2)C1=O. The average Bonchev–Trinajstić information content (AvgIpc) is 3.00. The number of rotatable bonds is 4. The van der Waals surface area contributed by atoms with E-state index in [1.807, 2.05) is 4.90 Å². The van der Waals surface area contributed by atoms with E-state index in [2.05, 4.69) is 26.1 Å². The number of hydrogen-bond donors (Lipinski definition) is 1. The van der Waals surface area contributed by atoms with Crippen LogP contribution in [0.3, 0.4) is 0 Å². The van der Waals surface area contributed by atoms with Crippen LogP contribution >= 0.6 is 0 Å². The van der Waals surface area contributed by atoms with Gasteiger partial charge >= 0.3 is 0 Å². The molecule has 2 fully saturated rings. The van der Waals surface area contributed by atoms with E-state index in [0.29, 0.717) is 11.8 Å². The van der Waals surface area contributed by atoms with E-state index in [0.717, 1.165) is 18.9 Å². The van der Waals surface area contributed by atoms with Crippen molar-refractivity contribution in [2.24, 2.45) is 11.8 Å². The molecule has 0 aromatic rings. The summed E-state index contributed by atoms with van der Waals surface area (Å²) in [4.78, 5) is 14.0. The Kier molecular flexibility index (Phi) is 3.01. The number of carbonyl (C=O) groups is 1. The van der Waals surface area contributed by atoms with Gasteiger partial charge in [-0.15, -0.1) is 0 Å². The van der Waals surface area contributed by atoms with Crippen molar-refractivity contribution in [1.82, 2.24) is 10.2 Å². The maximum Gasteiger partial charge on any atom is 0.241 e. The minimum absolute atomic E-state index is 0.0615. The van der Waals surface area contributed by atoms with Crippen LogP contribution in [0.25, 0.3) is 0 Å². The van der Waals surface area contributed by atoms with Gasteiger partial charge in [-0.2, -0.15) is 0 Å². The Hall–Kier alpha value is -0.570. The summed E-state index contributed by atoms with van der Waals surface area (Å²) >= 11 is 0. The van der Waals surface area contributed by atoms with Crippen molar-refractivity contribution < 1.29 is 4.79 Å². The normalized spacial score (nSPS) is 33.5. The van der Waals surface area contributed by atoms with Crippen LogP contribution in [-0.4, -0.2) is 29.6 Å². The Balaban J connectivity index is 1.92. The highest BCUT2D eigenvalue weighted by molar-refractivity contribution is 5.84. The highest BCUT2D eigenvalue weighted by Gasteiger charge is 2.38.